The third kappa shape index (κ3) is 4.92. The third-order valence-corrected chi connectivity index (χ3v) is 6.55. The van der Waals surface area contributed by atoms with Crippen molar-refractivity contribution in [3.05, 3.63) is 84.5 Å². The summed E-state index contributed by atoms with van der Waals surface area (Å²) in [5, 5.41) is 9.83. The molecule has 0 fully saturated rings. The van der Waals surface area contributed by atoms with Gasteiger partial charge in [-0.05, 0) is 69.2 Å². The van der Waals surface area contributed by atoms with E-state index in [9.17, 15) is 14.7 Å². The summed E-state index contributed by atoms with van der Waals surface area (Å²) in [7, 11) is 0. The molecule has 1 atom stereocenters. The lowest BCUT2D eigenvalue weighted by Crippen LogP contribution is -2.40. The Morgan fingerprint density at radius 1 is 1.08 bits per heavy atom. The zero-order valence-electron chi connectivity index (χ0n) is 20.6. The summed E-state index contributed by atoms with van der Waals surface area (Å²) in [6, 6.07) is 11.3. The van der Waals surface area contributed by atoms with Crippen LogP contribution in [0.2, 0.25) is 0 Å². The predicted octanol–water partition coefficient (Wildman–Crippen LogP) is 3.30. The Bertz CT molecular complexity index is 1500. The maximum atomic E-state index is 13.7. The Morgan fingerprint density at radius 2 is 1.83 bits per heavy atom. The fourth-order valence-corrected chi connectivity index (χ4v) is 5.16. The van der Waals surface area contributed by atoms with Crippen LogP contribution in [0.25, 0.3) is 6.08 Å². The molecule has 36 heavy (non-hydrogen) atoms. The van der Waals surface area contributed by atoms with Gasteiger partial charge in [-0.3, -0.25) is 9.36 Å². The predicted molar refractivity (Wildman–Crippen MR) is 137 cm³/mol. The summed E-state index contributed by atoms with van der Waals surface area (Å²) in [6.07, 6.45) is 1.70. The molecule has 0 bridgehead atoms. The number of hydrogen-bond acceptors (Lipinski definition) is 8. The van der Waals surface area contributed by atoms with Gasteiger partial charge in [-0.15, -0.1) is 0 Å². The molecule has 1 N–H and O–H groups in total. The van der Waals surface area contributed by atoms with Gasteiger partial charge in [-0.1, -0.05) is 29.5 Å². The van der Waals surface area contributed by atoms with E-state index >= 15 is 0 Å². The number of fused-ring (bicyclic) bond motifs is 1. The van der Waals surface area contributed by atoms with E-state index in [4.69, 9.17) is 14.2 Å². The molecule has 2 heterocycles. The van der Waals surface area contributed by atoms with E-state index in [1.807, 2.05) is 19.9 Å². The van der Waals surface area contributed by atoms with Crippen LogP contribution >= 0.6 is 11.3 Å². The number of thiazole rings is 1. The highest BCUT2D eigenvalue weighted by Gasteiger charge is 2.34. The highest BCUT2D eigenvalue weighted by atomic mass is 32.1. The number of carbonyl (C=O) groups excluding carboxylic acids is 1. The number of phenolic OH excluding ortho intramolecular Hbond substituents is 1. The van der Waals surface area contributed by atoms with Gasteiger partial charge in [0.2, 0.25) is 0 Å². The Balaban J connectivity index is 1.95. The van der Waals surface area contributed by atoms with Crippen LogP contribution in [0.15, 0.2) is 63.5 Å². The highest BCUT2D eigenvalue weighted by molar-refractivity contribution is 7.07. The number of allylic oxidation sites excluding steroid dienone is 1. The SMILES string of the molecule is CCOC(=O)C1=C(C)N=c2s/c(=C\c3cccc(O)c3)c(=O)n2C1c1ccc(OCC)c(OCC)c1. The van der Waals surface area contributed by atoms with E-state index in [-0.39, 0.29) is 17.9 Å². The second-order valence-electron chi connectivity index (χ2n) is 7.97. The number of aromatic nitrogens is 1. The van der Waals surface area contributed by atoms with Crippen molar-refractivity contribution in [2.45, 2.75) is 33.7 Å². The van der Waals surface area contributed by atoms with Crippen molar-refractivity contribution in [2.24, 2.45) is 4.99 Å². The van der Waals surface area contributed by atoms with Crippen LogP contribution in [0, 0.1) is 0 Å². The third-order valence-electron chi connectivity index (χ3n) is 5.57. The summed E-state index contributed by atoms with van der Waals surface area (Å²) in [5.41, 5.74) is 1.82. The molecule has 1 aliphatic rings. The molecule has 0 amide bonds. The van der Waals surface area contributed by atoms with Crippen LogP contribution in [0.3, 0.4) is 0 Å². The summed E-state index contributed by atoms with van der Waals surface area (Å²) in [4.78, 5) is 31.8. The lowest BCUT2D eigenvalue weighted by Gasteiger charge is -2.25. The molecular weight excluding hydrogens is 480 g/mol. The molecule has 188 valence electrons. The topological polar surface area (TPSA) is 99.4 Å². The standard InChI is InChI=1S/C27H28N2O6S/c1-5-33-20-12-11-18(15-21(20)34-6-2)24-23(26(32)35-7-3)16(4)28-27-29(24)25(31)22(36-27)14-17-9-8-10-19(30)13-17/h8-15,24,30H,5-7H2,1-4H3/b22-14-. The van der Waals surface area contributed by atoms with Crippen molar-refractivity contribution in [1.29, 1.82) is 0 Å². The van der Waals surface area contributed by atoms with Crippen LogP contribution in [-0.4, -0.2) is 35.5 Å². The van der Waals surface area contributed by atoms with E-state index in [2.05, 4.69) is 4.99 Å². The first kappa shape index (κ1) is 25.2. The Kier molecular flexibility index (Phi) is 7.59. The molecule has 0 saturated heterocycles. The van der Waals surface area contributed by atoms with E-state index in [0.29, 0.717) is 56.4 Å². The molecule has 1 aromatic heterocycles. The number of nitrogens with zero attached hydrogens (tertiary/aromatic N) is 2. The molecule has 8 nitrogen and oxygen atoms in total. The maximum absolute atomic E-state index is 13.7. The fourth-order valence-electron chi connectivity index (χ4n) is 4.11. The van der Waals surface area contributed by atoms with Gasteiger partial charge < -0.3 is 19.3 Å². The lowest BCUT2D eigenvalue weighted by molar-refractivity contribution is -0.139. The number of rotatable bonds is 8. The van der Waals surface area contributed by atoms with E-state index in [1.165, 1.54) is 15.9 Å². The first-order valence-corrected chi connectivity index (χ1v) is 12.6. The molecular formula is C27H28N2O6S. The molecule has 3 aromatic rings. The lowest BCUT2D eigenvalue weighted by atomic mass is 9.95. The minimum Gasteiger partial charge on any atom is -0.508 e. The molecule has 9 heteroatoms. The monoisotopic (exact) mass is 508 g/mol. The first-order valence-electron chi connectivity index (χ1n) is 11.8. The van der Waals surface area contributed by atoms with Crippen molar-refractivity contribution < 1.29 is 24.1 Å². The summed E-state index contributed by atoms with van der Waals surface area (Å²) in [6.45, 7) is 8.32. The van der Waals surface area contributed by atoms with Crippen molar-refractivity contribution in [3.8, 4) is 17.2 Å². The quantitative estimate of drug-likeness (QED) is 0.469. The van der Waals surface area contributed by atoms with Gasteiger partial charge in [-0.2, -0.15) is 0 Å². The van der Waals surface area contributed by atoms with Crippen molar-refractivity contribution in [2.75, 3.05) is 19.8 Å². The molecule has 0 radical (unpaired) electrons. The van der Waals surface area contributed by atoms with Crippen LogP contribution < -0.4 is 24.4 Å². The highest BCUT2D eigenvalue weighted by Crippen LogP contribution is 2.36. The van der Waals surface area contributed by atoms with Gasteiger partial charge in [0.15, 0.2) is 16.3 Å². The average molecular weight is 509 g/mol. The maximum Gasteiger partial charge on any atom is 0.338 e. The van der Waals surface area contributed by atoms with Gasteiger partial charge in [0, 0.05) is 0 Å². The van der Waals surface area contributed by atoms with Gasteiger partial charge in [0.1, 0.15) is 5.75 Å². The van der Waals surface area contributed by atoms with Gasteiger partial charge >= 0.3 is 5.97 Å². The molecule has 1 unspecified atom stereocenters. The Labute approximate surface area is 212 Å². The number of carbonyl (C=O) groups is 1. The van der Waals surface area contributed by atoms with Crippen molar-refractivity contribution in [1.82, 2.24) is 4.57 Å². The van der Waals surface area contributed by atoms with Crippen LogP contribution in [0.1, 0.15) is 44.9 Å². The smallest absolute Gasteiger partial charge is 0.338 e. The number of phenols is 1. The summed E-state index contributed by atoms with van der Waals surface area (Å²) in [5.74, 6) is 0.680. The molecule has 4 rings (SSSR count). The Hall–Kier alpha value is -3.85. The van der Waals surface area contributed by atoms with Crippen molar-refractivity contribution >= 4 is 23.4 Å². The number of aromatic hydroxyl groups is 1. The molecule has 0 saturated carbocycles. The van der Waals surface area contributed by atoms with Gasteiger partial charge in [0.05, 0.1) is 41.7 Å². The normalized spacial score (nSPS) is 15.3. The van der Waals surface area contributed by atoms with Crippen molar-refractivity contribution in [3.63, 3.8) is 0 Å². The molecule has 0 aliphatic carbocycles. The summed E-state index contributed by atoms with van der Waals surface area (Å²) < 4.78 is 18.8. The van der Waals surface area contributed by atoms with Gasteiger partial charge in [-0.25, -0.2) is 9.79 Å². The molecule has 1 aliphatic heterocycles. The second kappa shape index (κ2) is 10.8. The number of hydrogen-bond donors (Lipinski definition) is 1. The second-order valence-corrected chi connectivity index (χ2v) is 8.98. The van der Waals surface area contributed by atoms with Gasteiger partial charge in [0.25, 0.3) is 5.56 Å². The van der Waals surface area contributed by atoms with E-state index < -0.39 is 12.0 Å². The zero-order chi connectivity index (χ0) is 25.8. The van der Waals surface area contributed by atoms with Crippen LogP contribution in [0.4, 0.5) is 0 Å². The fraction of sp³-hybridized carbons (Fsp3) is 0.296. The minimum atomic E-state index is -0.762. The largest absolute Gasteiger partial charge is 0.508 e. The minimum absolute atomic E-state index is 0.104. The van der Waals surface area contributed by atoms with E-state index in [1.54, 1.807) is 56.3 Å². The van der Waals surface area contributed by atoms with Crippen LogP contribution in [0.5, 0.6) is 17.2 Å². The Morgan fingerprint density at radius 3 is 2.53 bits per heavy atom. The number of ether oxygens (including phenoxy) is 3. The molecule has 0 spiro atoms. The summed E-state index contributed by atoms with van der Waals surface area (Å²) >= 11 is 1.22. The number of esters is 1. The number of benzene rings is 2. The molecule has 2 aromatic carbocycles. The average Bonchev–Trinajstić information content (AvgIpc) is 3.14. The first-order chi connectivity index (χ1) is 17.4. The van der Waals surface area contributed by atoms with Crippen LogP contribution in [-0.2, 0) is 9.53 Å². The zero-order valence-corrected chi connectivity index (χ0v) is 21.4. The van der Waals surface area contributed by atoms with E-state index in [0.717, 1.165) is 0 Å².